The highest BCUT2D eigenvalue weighted by Crippen LogP contribution is 2.23. The van der Waals surface area contributed by atoms with E-state index in [1.54, 1.807) is 41.8 Å². The first kappa shape index (κ1) is 23.1. The van der Waals surface area contributed by atoms with Gasteiger partial charge in [0, 0.05) is 16.5 Å². The van der Waals surface area contributed by atoms with Crippen molar-refractivity contribution in [2.24, 2.45) is 0 Å². The first-order valence-electron chi connectivity index (χ1n) is 8.95. The van der Waals surface area contributed by atoms with E-state index in [2.05, 4.69) is 15.6 Å². The van der Waals surface area contributed by atoms with Gasteiger partial charge in [0.15, 0.2) is 0 Å². The van der Waals surface area contributed by atoms with Crippen molar-refractivity contribution in [1.82, 2.24) is 10.9 Å². The molecule has 3 N–H and O–H groups in total. The molecule has 7 nitrogen and oxygen atoms in total. The third-order valence-electron chi connectivity index (χ3n) is 4.13. The number of para-hydroxylation sites is 1. The summed E-state index contributed by atoms with van der Waals surface area (Å²) in [5.74, 6) is -1.10. The molecule has 1 aromatic heterocycles. The Morgan fingerprint density at radius 2 is 1.74 bits per heavy atom. The lowest BCUT2D eigenvalue weighted by Crippen LogP contribution is -2.42. The zero-order valence-electron chi connectivity index (χ0n) is 15.9. The van der Waals surface area contributed by atoms with Gasteiger partial charge in [-0.15, -0.1) is 11.3 Å². The fourth-order valence-corrected chi connectivity index (χ4v) is 5.19. The monoisotopic (exact) mass is 497 g/mol. The number of sulfonamides is 1. The molecule has 0 spiro atoms. The number of hydrogen-bond donors (Lipinski definition) is 3. The Morgan fingerprint density at radius 3 is 2.45 bits per heavy atom. The van der Waals surface area contributed by atoms with Crippen LogP contribution in [0.3, 0.4) is 0 Å². The number of thiophene rings is 1. The van der Waals surface area contributed by atoms with E-state index in [0.29, 0.717) is 16.5 Å². The predicted octanol–water partition coefficient (Wildman–Crippen LogP) is 4.25. The minimum absolute atomic E-state index is 0.0590. The Labute approximate surface area is 193 Å². The van der Waals surface area contributed by atoms with Crippen LogP contribution < -0.4 is 15.6 Å². The number of halogens is 2. The Hall–Kier alpha value is -2.59. The van der Waals surface area contributed by atoms with Crippen LogP contribution in [-0.4, -0.2) is 20.2 Å². The second kappa shape index (κ2) is 10.1. The third kappa shape index (κ3) is 6.20. The van der Waals surface area contributed by atoms with Gasteiger partial charge in [0.1, 0.15) is 4.21 Å². The molecule has 0 aliphatic rings. The summed E-state index contributed by atoms with van der Waals surface area (Å²) >= 11 is 13.0. The van der Waals surface area contributed by atoms with Crippen molar-refractivity contribution in [2.45, 2.75) is 17.1 Å². The average Bonchev–Trinajstić information content (AvgIpc) is 3.27. The Kier molecular flexibility index (Phi) is 7.55. The van der Waals surface area contributed by atoms with Gasteiger partial charge in [-0.3, -0.25) is 25.2 Å². The molecule has 0 radical (unpaired) electrons. The lowest BCUT2D eigenvalue weighted by atomic mass is 10.1. The van der Waals surface area contributed by atoms with Gasteiger partial charge in [-0.25, -0.2) is 8.42 Å². The van der Waals surface area contributed by atoms with Crippen molar-refractivity contribution in [3.8, 4) is 0 Å². The van der Waals surface area contributed by atoms with Crippen molar-refractivity contribution in [3.63, 3.8) is 0 Å². The van der Waals surface area contributed by atoms with Crippen LogP contribution in [0, 0.1) is 0 Å². The second-order valence-corrected chi connectivity index (χ2v) is 10.0. The summed E-state index contributed by atoms with van der Waals surface area (Å²) in [5, 5.41) is 2.59. The van der Waals surface area contributed by atoms with E-state index >= 15 is 0 Å². The molecule has 11 heteroatoms. The molecule has 3 rings (SSSR count). The predicted molar refractivity (Wildman–Crippen MR) is 122 cm³/mol. The molecule has 0 saturated carbocycles. The lowest BCUT2D eigenvalue weighted by Gasteiger charge is -2.12. The summed E-state index contributed by atoms with van der Waals surface area (Å²) < 4.78 is 27.4. The van der Waals surface area contributed by atoms with E-state index in [-0.39, 0.29) is 21.9 Å². The summed E-state index contributed by atoms with van der Waals surface area (Å²) in [6.07, 6.45) is 0.434. The van der Waals surface area contributed by atoms with E-state index in [4.69, 9.17) is 23.2 Å². The number of rotatable bonds is 7. The van der Waals surface area contributed by atoms with Crippen molar-refractivity contribution >= 4 is 62.1 Å². The average molecular weight is 498 g/mol. The molecular formula is C20H17Cl2N3O4S2. The van der Waals surface area contributed by atoms with Crippen LogP contribution in [0.4, 0.5) is 5.69 Å². The zero-order valence-corrected chi connectivity index (χ0v) is 19.0. The minimum Gasteiger partial charge on any atom is -0.278 e. The summed E-state index contributed by atoms with van der Waals surface area (Å²) in [6.45, 7) is 0. The molecule has 31 heavy (non-hydrogen) atoms. The summed E-state index contributed by atoms with van der Waals surface area (Å²) in [7, 11) is -3.82. The minimum atomic E-state index is -3.82. The Bertz CT molecular complexity index is 1200. The van der Waals surface area contributed by atoms with E-state index in [9.17, 15) is 18.0 Å². The number of anilines is 1. The van der Waals surface area contributed by atoms with E-state index in [1.165, 1.54) is 18.2 Å². The molecule has 0 unspecified atom stereocenters. The van der Waals surface area contributed by atoms with Crippen LogP contribution in [0.25, 0.3) is 0 Å². The maximum absolute atomic E-state index is 12.5. The number of benzene rings is 2. The van der Waals surface area contributed by atoms with Crippen LogP contribution in [0.1, 0.15) is 22.3 Å². The molecule has 0 atom stereocenters. The van der Waals surface area contributed by atoms with Crippen LogP contribution in [0.2, 0.25) is 10.0 Å². The van der Waals surface area contributed by atoms with E-state index in [0.717, 1.165) is 16.9 Å². The number of amides is 2. The molecule has 0 fully saturated rings. The highest BCUT2D eigenvalue weighted by atomic mass is 35.5. The summed E-state index contributed by atoms with van der Waals surface area (Å²) in [5.41, 5.74) is 5.51. The number of nitrogens with one attached hydrogen (secondary N) is 3. The molecular weight excluding hydrogens is 481 g/mol. The smallest absolute Gasteiger partial charge is 0.271 e. The Morgan fingerprint density at radius 1 is 0.968 bits per heavy atom. The number of hydrogen-bond acceptors (Lipinski definition) is 5. The maximum Gasteiger partial charge on any atom is 0.271 e. The molecule has 0 saturated heterocycles. The van der Waals surface area contributed by atoms with E-state index in [1.807, 2.05) is 0 Å². The number of carbonyl (C=O) groups excluding carboxylic acids is 2. The van der Waals surface area contributed by atoms with Crippen molar-refractivity contribution < 1.29 is 18.0 Å². The number of hydrazine groups is 1. The van der Waals surface area contributed by atoms with Gasteiger partial charge in [0.25, 0.3) is 15.9 Å². The van der Waals surface area contributed by atoms with Gasteiger partial charge >= 0.3 is 0 Å². The molecule has 162 valence electrons. The SMILES string of the molecule is O=C(CCc1ccc(Cl)cc1Cl)NNC(=O)c1ccccc1NS(=O)(=O)c1cccs1. The fourth-order valence-electron chi connectivity index (χ4n) is 2.61. The molecule has 2 aromatic carbocycles. The quantitative estimate of drug-likeness (QED) is 0.424. The van der Waals surface area contributed by atoms with Gasteiger partial charge in [-0.1, -0.05) is 47.5 Å². The van der Waals surface area contributed by atoms with Gasteiger partial charge in [-0.05, 0) is 47.7 Å². The number of carbonyl (C=O) groups is 2. The van der Waals surface area contributed by atoms with Gasteiger partial charge in [-0.2, -0.15) is 0 Å². The van der Waals surface area contributed by atoms with Crippen molar-refractivity contribution in [1.29, 1.82) is 0 Å². The second-order valence-electron chi connectivity index (χ2n) is 6.32. The third-order valence-corrected chi connectivity index (χ3v) is 7.48. The first-order chi connectivity index (χ1) is 14.8. The maximum atomic E-state index is 12.5. The van der Waals surface area contributed by atoms with Crippen LogP contribution in [0.15, 0.2) is 64.2 Å². The van der Waals surface area contributed by atoms with Crippen LogP contribution in [-0.2, 0) is 21.2 Å². The van der Waals surface area contributed by atoms with Gasteiger partial charge < -0.3 is 0 Å². The first-order valence-corrected chi connectivity index (χ1v) is 12.1. The highest BCUT2D eigenvalue weighted by molar-refractivity contribution is 7.94. The molecule has 3 aromatic rings. The number of aryl methyl sites for hydroxylation is 1. The molecule has 0 aliphatic carbocycles. The largest absolute Gasteiger partial charge is 0.278 e. The van der Waals surface area contributed by atoms with Crippen LogP contribution in [0.5, 0.6) is 0 Å². The normalized spacial score (nSPS) is 11.0. The van der Waals surface area contributed by atoms with Crippen LogP contribution >= 0.6 is 34.5 Å². The van der Waals surface area contributed by atoms with E-state index < -0.39 is 21.8 Å². The Balaban J connectivity index is 1.60. The van der Waals surface area contributed by atoms with Gasteiger partial charge in [0.2, 0.25) is 5.91 Å². The zero-order chi connectivity index (χ0) is 22.4. The standard InChI is InChI=1S/C20H17Cl2N3O4S2/c21-14-9-7-13(16(22)12-14)8-10-18(26)23-24-20(27)15-4-1-2-5-17(15)25-31(28,29)19-6-3-11-30-19/h1-7,9,11-12,25H,8,10H2,(H,23,26)(H,24,27). The fraction of sp³-hybridized carbons (Fsp3) is 0.100. The van der Waals surface area contributed by atoms with Crippen molar-refractivity contribution in [2.75, 3.05) is 4.72 Å². The summed E-state index contributed by atoms with van der Waals surface area (Å²) in [6, 6.07) is 14.2. The van der Waals surface area contributed by atoms with Gasteiger partial charge in [0.05, 0.1) is 11.3 Å². The lowest BCUT2D eigenvalue weighted by molar-refractivity contribution is -0.121. The molecule has 0 aliphatic heterocycles. The topological polar surface area (TPSA) is 104 Å². The summed E-state index contributed by atoms with van der Waals surface area (Å²) in [4.78, 5) is 24.6. The molecule has 2 amide bonds. The highest BCUT2D eigenvalue weighted by Gasteiger charge is 2.19. The molecule has 1 heterocycles. The molecule has 0 bridgehead atoms. The van der Waals surface area contributed by atoms with Crippen molar-refractivity contribution in [3.05, 3.63) is 81.1 Å².